The zero-order chi connectivity index (χ0) is 28.4. The second kappa shape index (κ2) is 9.36. The van der Waals surface area contributed by atoms with E-state index in [2.05, 4.69) is 10.5 Å². The summed E-state index contributed by atoms with van der Waals surface area (Å²) in [6.45, 7) is 2.57. The molecule has 9 nitrogen and oxygen atoms in total. The fraction of sp³-hybridized carbons (Fsp3) is 0.312. The van der Waals surface area contributed by atoms with Gasteiger partial charge in [0.05, 0.1) is 49.7 Å². The highest BCUT2D eigenvalue weighted by Gasteiger charge is 2.68. The van der Waals surface area contributed by atoms with Crippen molar-refractivity contribution in [2.24, 2.45) is 16.9 Å². The summed E-state index contributed by atoms with van der Waals surface area (Å²) in [5, 5.41) is 4.44. The van der Waals surface area contributed by atoms with Gasteiger partial charge in [-0.2, -0.15) is 5.10 Å². The topological polar surface area (TPSA) is 107 Å². The molecule has 2 atom stereocenters. The molecule has 3 aromatic carbocycles. The molecule has 2 heterocycles. The maximum Gasteiger partial charge on any atom is 0.245 e. The number of anilines is 1. The number of rotatable bonds is 6. The molecular formula is C32H29N3O6. The predicted molar refractivity (Wildman–Crippen MR) is 150 cm³/mol. The Kier molecular flexibility index (Phi) is 5.85. The van der Waals surface area contributed by atoms with Crippen LogP contribution in [0.3, 0.4) is 0 Å². The van der Waals surface area contributed by atoms with E-state index in [4.69, 9.17) is 14.2 Å². The van der Waals surface area contributed by atoms with Crippen molar-refractivity contribution in [1.29, 1.82) is 0 Å². The Bertz CT molecular complexity index is 1560. The van der Waals surface area contributed by atoms with Crippen LogP contribution in [0, 0.1) is 11.8 Å². The van der Waals surface area contributed by atoms with E-state index in [1.165, 1.54) is 12.0 Å². The molecule has 1 N–H and O–H groups in total. The van der Waals surface area contributed by atoms with Crippen molar-refractivity contribution < 1.29 is 28.6 Å². The van der Waals surface area contributed by atoms with Crippen LogP contribution in [0.15, 0.2) is 77.9 Å². The number of methoxy groups -OCH3 is 1. The van der Waals surface area contributed by atoms with E-state index in [1.54, 1.807) is 37.4 Å². The van der Waals surface area contributed by atoms with Gasteiger partial charge in [0, 0.05) is 12.1 Å². The quantitative estimate of drug-likeness (QED) is 0.286. The van der Waals surface area contributed by atoms with Crippen LogP contribution < -0.4 is 15.1 Å². The van der Waals surface area contributed by atoms with Gasteiger partial charge < -0.3 is 14.2 Å². The third-order valence-corrected chi connectivity index (χ3v) is 8.85. The number of ether oxygens (including phenoxy) is 3. The minimum absolute atomic E-state index is 0.0301. The fourth-order valence-electron chi connectivity index (χ4n) is 7.30. The second-order valence-electron chi connectivity index (χ2n) is 11.0. The van der Waals surface area contributed by atoms with Gasteiger partial charge in [0.1, 0.15) is 5.75 Å². The molecule has 5 aliphatic rings. The molecule has 0 radical (unpaired) electrons. The van der Waals surface area contributed by atoms with Crippen molar-refractivity contribution in [3.8, 4) is 5.75 Å². The molecule has 8 rings (SSSR count). The lowest BCUT2D eigenvalue weighted by Crippen LogP contribution is -2.54. The molecule has 41 heavy (non-hydrogen) atoms. The first-order valence-corrected chi connectivity index (χ1v) is 13.7. The first kappa shape index (κ1) is 25.6. The van der Waals surface area contributed by atoms with Gasteiger partial charge in [-0.1, -0.05) is 60.7 Å². The number of carbonyl (C=O) groups excluding carboxylic acids is 3. The van der Waals surface area contributed by atoms with Crippen LogP contribution in [-0.2, 0) is 29.3 Å². The van der Waals surface area contributed by atoms with Crippen LogP contribution in [0.2, 0.25) is 0 Å². The van der Waals surface area contributed by atoms with Gasteiger partial charge in [-0.15, -0.1) is 0 Å². The van der Waals surface area contributed by atoms with E-state index < -0.39 is 23.0 Å². The van der Waals surface area contributed by atoms with E-state index in [0.29, 0.717) is 24.7 Å². The van der Waals surface area contributed by atoms with Gasteiger partial charge in [0.15, 0.2) is 5.79 Å². The summed E-state index contributed by atoms with van der Waals surface area (Å²) in [6, 6.07) is 22.8. The van der Waals surface area contributed by atoms with Gasteiger partial charge >= 0.3 is 0 Å². The summed E-state index contributed by atoms with van der Waals surface area (Å²) < 4.78 is 16.7. The predicted octanol–water partition coefficient (Wildman–Crippen LogP) is 3.50. The minimum Gasteiger partial charge on any atom is -0.495 e. The SMILES string of the molecule is COc1ccccc1N1C(=O)C2C3c4ccccc4C(/C=N/NC(=O)CC4(C)OCCO4)(c4ccccc43)C2C1=O. The Balaban J connectivity index is 1.36. The minimum atomic E-state index is -1.09. The highest BCUT2D eigenvalue weighted by molar-refractivity contribution is 6.25. The number of hydrogen-bond donors (Lipinski definition) is 1. The molecule has 0 saturated carbocycles. The first-order valence-electron chi connectivity index (χ1n) is 13.7. The molecule has 2 bridgehead atoms. The number of benzene rings is 3. The van der Waals surface area contributed by atoms with Crippen LogP contribution in [0.4, 0.5) is 5.69 Å². The lowest BCUT2D eigenvalue weighted by Gasteiger charge is -2.52. The van der Waals surface area contributed by atoms with E-state index >= 15 is 0 Å². The lowest BCUT2D eigenvalue weighted by molar-refractivity contribution is -0.159. The third-order valence-electron chi connectivity index (χ3n) is 8.85. The average Bonchev–Trinajstić information content (AvgIpc) is 3.53. The van der Waals surface area contributed by atoms with Gasteiger partial charge in [-0.05, 0) is 41.3 Å². The molecule has 2 fully saturated rings. The number of carbonyl (C=O) groups is 3. The number of amides is 3. The van der Waals surface area contributed by atoms with Crippen LogP contribution in [-0.4, -0.2) is 50.0 Å². The van der Waals surface area contributed by atoms with Crippen molar-refractivity contribution in [2.45, 2.75) is 30.5 Å². The van der Waals surface area contributed by atoms with Crippen LogP contribution in [0.5, 0.6) is 5.75 Å². The largest absolute Gasteiger partial charge is 0.495 e. The number of nitrogens with zero attached hydrogens (tertiary/aromatic N) is 2. The standard InChI is InChI=1S/C32H29N3O6/c1-31(40-15-16-41-31)17-25(36)34-33-18-32-21-11-5-3-9-19(21)26(20-10-4-6-12-22(20)32)27-28(32)30(38)35(29(27)37)23-13-7-8-14-24(23)39-2/h3-14,18,26-28H,15-17H2,1-2H3,(H,34,36)/b33-18+. The smallest absolute Gasteiger partial charge is 0.245 e. The van der Waals surface area contributed by atoms with Crippen molar-refractivity contribution >= 4 is 29.6 Å². The first-order chi connectivity index (χ1) is 19.9. The Hall–Kier alpha value is -4.34. The molecule has 2 saturated heterocycles. The van der Waals surface area contributed by atoms with Crippen LogP contribution in [0.25, 0.3) is 0 Å². The Labute approximate surface area is 237 Å². The number of para-hydroxylation sites is 2. The van der Waals surface area contributed by atoms with Crippen LogP contribution in [0.1, 0.15) is 41.5 Å². The summed E-state index contributed by atoms with van der Waals surface area (Å²) in [5.74, 6) is -3.27. The van der Waals surface area contributed by atoms with E-state index in [0.717, 1.165) is 22.3 Å². The maximum atomic E-state index is 14.5. The zero-order valence-electron chi connectivity index (χ0n) is 22.7. The van der Waals surface area contributed by atoms with Crippen LogP contribution >= 0.6 is 0 Å². The van der Waals surface area contributed by atoms with Gasteiger partial charge in [0.25, 0.3) is 0 Å². The molecule has 3 aliphatic carbocycles. The van der Waals surface area contributed by atoms with Crippen molar-refractivity contribution in [3.05, 3.63) is 95.1 Å². The van der Waals surface area contributed by atoms with E-state index in [-0.39, 0.29) is 30.1 Å². The summed E-state index contributed by atoms with van der Waals surface area (Å²) in [4.78, 5) is 42.9. The normalized spacial score (nSPS) is 27.1. The lowest BCUT2D eigenvalue weighted by atomic mass is 9.47. The Morgan fingerprint density at radius 1 is 0.976 bits per heavy atom. The molecule has 208 valence electrons. The summed E-state index contributed by atoms with van der Waals surface area (Å²) in [7, 11) is 1.52. The van der Waals surface area contributed by atoms with Gasteiger partial charge in [-0.25, -0.2) is 10.3 Å². The highest BCUT2D eigenvalue weighted by Crippen LogP contribution is 2.63. The summed E-state index contributed by atoms with van der Waals surface area (Å²) in [6.07, 6.45) is 1.61. The number of imide groups is 1. The van der Waals surface area contributed by atoms with Gasteiger partial charge in [-0.3, -0.25) is 14.4 Å². The van der Waals surface area contributed by atoms with Gasteiger partial charge in [0.2, 0.25) is 17.7 Å². The molecule has 3 amide bonds. The number of nitrogens with one attached hydrogen (secondary N) is 1. The van der Waals surface area contributed by atoms with Crippen molar-refractivity contribution in [1.82, 2.24) is 5.43 Å². The van der Waals surface area contributed by atoms with E-state index in [9.17, 15) is 14.4 Å². The van der Waals surface area contributed by atoms with Crippen molar-refractivity contribution in [2.75, 3.05) is 25.2 Å². The monoisotopic (exact) mass is 551 g/mol. The summed E-state index contributed by atoms with van der Waals surface area (Å²) in [5.41, 5.74) is 5.72. The molecule has 2 aliphatic heterocycles. The molecule has 9 heteroatoms. The maximum absolute atomic E-state index is 14.5. The molecule has 0 spiro atoms. The third kappa shape index (κ3) is 3.62. The summed E-state index contributed by atoms with van der Waals surface area (Å²) >= 11 is 0. The zero-order valence-corrected chi connectivity index (χ0v) is 22.7. The molecule has 3 aromatic rings. The average molecular weight is 552 g/mol. The molecular weight excluding hydrogens is 522 g/mol. The Morgan fingerprint density at radius 2 is 1.59 bits per heavy atom. The molecule has 2 unspecified atom stereocenters. The number of hydrazone groups is 1. The fourth-order valence-corrected chi connectivity index (χ4v) is 7.30. The highest BCUT2D eigenvalue weighted by atomic mass is 16.7. The van der Waals surface area contributed by atoms with Crippen molar-refractivity contribution in [3.63, 3.8) is 0 Å². The molecule has 0 aromatic heterocycles. The number of hydrogen-bond acceptors (Lipinski definition) is 7. The van der Waals surface area contributed by atoms with E-state index in [1.807, 2.05) is 48.5 Å². The second-order valence-corrected chi connectivity index (χ2v) is 11.0. The Morgan fingerprint density at radius 3 is 2.24 bits per heavy atom.